The van der Waals surface area contributed by atoms with E-state index in [-0.39, 0.29) is 11.8 Å². The lowest BCUT2D eigenvalue weighted by molar-refractivity contribution is -0.143. The van der Waals surface area contributed by atoms with Gasteiger partial charge in [0.1, 0.15) is 0 Å². The summed E-state index contributed by atoms with van der Waals surface area (Å²) in [5.74, 6) is 0.256. The summed E-state index contributed by atoms with van der Waals surface area (Å²) in [6.07, 6.45) is 5.76. The molecule has 3 nitrogen and oxygen atoms in total. The van der Waals surface area contributed by atoms with Gasteiger partial charge in [-0.05, 0) is 37.6 Å². The fraction of sp³-hybridized carbons (Fsp3) is 0.750. The summed E-state index contributed by atoms with van der Waals surface area (Å²) < 4.78 is 0. The first-order chi connectivity index (χ1) is 7.12. The molecule has 1 saturated carbocycles. The van der Waals surface area contributed by atoms with Gasteiger partial charge in [-0.25, -0.2) is 0 Å². The molecule has 2 aliphatic carbocycles. The highest BCUT2D eigenvalue weighted by molar-refractivity contribution is 5.69. The predicted molar refractivity (Wildman–Crippen MR) is 58.3 cm³/mol. The minimum atomic E-state index is -0.688. The zero-order valence-corrected chi connectivity index (χ0v) is 9.20. The molecule has 0 heterocycles. The average molecular weight is 209 g/mol. The van der Waals surface area contributed by atoms with Gasteiger partial charge in [0.15, 0.2) is 0 Å². The topological polar surface area (TPSA) is 63.3 Å². The lowest BCUT2D eigenvalue weighted by Gasteiger charge is -2.51. The van der Waals surface area contributed by atoms with E-state index in [9.17, 15) is 4.79 Å². The maximum atomic E-state index is 10.9. The van der Waals surface area contributed by atoms with Gasteiger partial charge in [-0.1, -0.05) is 18.6 Å². The second-order valence-electron chi connectivity index (χ2n) is 4.91. The van der Waals surface area contributed by atoms with Crippen LogP contribution in [0.4, 0.5) is 0 Å². The largest absolute Gasteiger partial charge is 0.481 e. The van der Waals surface area contributed by atoms with Crippen molar-refractivity contribution in [2.75, 3.05) is 6.54 Å². The lowest BCUT2D eigenvalue weighted by Crippen LogP contribution is -2.50. The van der Waals surface area contributed by atoms with Crippen LogP contribution in [-0.4, -0.2) is 17.6 Å². The van der Waals surface area contributed by atoms with Gasteiger partial charge in [0.05, 0.1) is 6.42 Å². The first kappa shape index (κ1) is 10.7. The summed E-state index contributed by atoms with van der Waals surface area (Å²) in [7, 11) is 0. The quantitative estimate of drug-likeness (QED) is 0.694. The van der Waals surface area contributed by atoms with Crippen molar-refractivity contribution in [3.8, 4) is 0 Å². The van der Waals surface area contributed by atoms with Gasteiger partial charge >= 0.3 is 5.97 Å². The van der Waals surface area contributed by atoms with Crippen LogP contribution in [0.15, 0.2) is 11.6 Å². The standard InChI is InChI=1S/C12H19NO2/c1-2-8-3-9-4-10(7-13)12(9,5-8)6-11(14)15/h5,9-10H,2-4,6-7,13H2,1H3,(H,14,15). The molecule has 3 N–H and O–H groups in total. The number of nitrogens with two attached hydrogens (primary N) is 1. The van der Waals surface area contributed by atoms with Gasteiger partial charge in [0, 0.05) is 5.41 Å². The summed E-state index contributed by atoms with van der Waals surface area (Å²) >= 11 is 0. The van der Waals surface area contributed by atoms with E-state index in [1.54, 1.807) is 0 Å². The Kier molecular flexibility index (Phi) is 2.59. The molecule has 1 fully saturated rings. The minimum Gasteiger partial charge on any atom is -0.481 e. The van der Waals surface area contributed by atoms with Crippen LogP contribution >= 0.6 is 0 Å². The maximum Gasteiger partial charge on any atom is 0.304 e. The third-order valence-electron chi connectivity index (χ3n) is 4.27. The van der Waals surface area contributed by atoms with Gasteiger partial charge in [-0.15, -0.1) is 0 Å². The monoisotopic (exact) mass is 209 g/mol. The number of carboxylic acid groups (broad SMARTS) is 1. The van der Waals surface area contributed by atoms with E-state index in [0.29, 0.717) is 18.4 Å². The Hall–Kier alpha value is -0.830. The van der Waals surface area contributed by atoms with Gasteiger partial charge in [-0.3, -0.25) is 4.79 Å². The summed E-state index contributed by atoms with van der Waals surface area (Å²) in [5.41, 5.74) is 7.05. The second kappa shape index (κ2) is 3.63. The molecule has 15 heavy (non-hydrogen) atoms. The number of carboxylic acids is 1. The van der Waals surface area contributed by atoms with Gasteiger partial charge in [0.25, 0.3) is 0 Å². The molecule has 2 aliphatic rings. The number of allylic oxidation sites excluding steroid dienone is 2. The Balaban J connectivity index is 2.21. The normalized spacial score (nSPS) is 38.1. The first-order valence-corrected chi connectivity index (χ1v) is 5.74. The zero-order valence-electron chi connectivity index (χ0n) is 9.20. The van der Waals surface area contributed by atoms with Crippen LogP contribution in [-0.2, 0) is 4.79 Å². The third-order valence-corrected chi connectivity index (χ3v) is 4.27. The van der Waals surface area contributed by atoms with Crippen molar-refractivity contribution in [2.45, 2.75) is 32.6 Å². The highest BCUT2D eigenvalue weighted by atomic mass is 16.4. The van der Waals surface area contributed by atoms with Gasteiger partial charge in [-0.2, -0.15) is 0 Å². The summed E-state index contributed by atoms with van der Waals surface area (Å²) in [5, 5.41) is 8.99. The summed E-state index contributed by atoms with van der Waals surface area (Å²) in [6.45, 7) is 2.76. The molecule has 0 aromatic rings. The second-order valence-corrected chi connectivity index (χ2v) is 4.91. The highest BCUT2D eigenvalue weighted by Gasteiger charge is 2.56. The third kappa shape index (κ3) is 1.49. The SMILES string of the molecule is CCC1=CC2(CC(=O)O)C(CN)CC2C1. The van der Waals surface area contributed by atoms with Crippen molar-refractivity contribution in [1.29, 1.82) is 0 Å². The number of hydrogen-bond donors (Lipinski definition) is 2. The molecule has 0 saturated heterocycles. The summed E-state index contributed by atoms with van der Waals surface area (Å²) in [6, 6.07) is 0. The van der Waals surface area contributed by atoms with Crippen molar-refractivity contribution in [2.24, 2.45) is 23.0 Å². The lowest BCUT2D eigenvalue weighted by atomic mass is 9.53. The van der Waals surface area contributed by atoms with Crippen LogP contribution in [0, 0.1) is 17.3 Å². The Bertz CT molecular complexity index is 311. The number of rotatable bonds is 4. The van der Waals surface area contributed by atoms with Crippen LogP contribution in [0.25, 0.3) is 0 Å². The molecule has 3 unspecified atom stereocenters. The van der Waals surface area contributed by atoms with E-state index < -0.39 is 5.97 Å². The van der Waals surface area contributed by atoms with Crippen molar-refractivity contribution in [3.63, 3.8) is 0 Å². The van der Waals surface area contributed by atoms with E-state index in [1.807, 2.05) is 0 Å². The fourth-order valence-electron chi connectivity index (χ4n) is 3.38. The molecule has 2 rings (SSSR count). The van der Waals surface area contributed by atoms with Crippen LogP contribution < -0.4 is 5.73 Å². The summed E-state index contributed by atoms with van der Waals surface area (Å²) in [4.78, 5) is 10.9. The van der Waals surface area contributed by atoms with E-state index in [2.05, 4.69) is 13.0 Å². The Morgan fingerprint density at radius 1 is 1.73 bits per heavy atom. The van der Waals surface area contributed by atoms with Crippen LogP contribution in [0.5, 0.6) is 0 Å². The van der Waals surface area contributed by atoms with Crippen LogP contribution in [0.2, 0.25) is 0 Å². The molecular weight excluding hydrogens is 190 g/mol. The molecule has 0 amide bonds. The molecule has 3 heteroatoms. The van der Waals surface area contributed by atoms with Crippen molar-refractivity contribution < 1.29 is 9.90 Å². The average Bonchev–Trinajstić information content (AvgIpc) is 2.43. The molecule has 84 valence electrons. The van der Waals surface area contributed by atoms with Crippen molar-refractivity contribution in [1.82, 2.24) is 0 Å². The van der Waals surface area contributed by atoms with E-state index >= 15 is 0 Å². The Labute approximate surface area is 90.3 Å². The minimum absolute atomic E-state index is 0.0913. The first-order valence-electron chi connectivity index (χ1n) is 5.74. The van der Waals surface area contributed by atoms with Crippen molar-refractivity contribution >= 4 is 5.97 Å². The predicted octanol–water partition coefficient (Wildman–Crippen LogP) is 1.78. The van der Waals surface area contributed by atoms with Crippen LogP contribution in [0.1, 0.15) is 32.6 Å². The number of carbonyl (C=O) groups is 1. The maximum absolute atomic E-state index is 10.9. The molecule has 0 aromatic heterocycles. The van der Waals surface area contributed by atoms with Gasteiger partial charge < -0.3 is 10.8 Å². The van der Waals surface area contributed by atoms with Crippen LogP contribution in [0.3, 0.4) is 0 Å². The Morgan fingerprint density at radius 3 is 3.00 bits per heavy atom. The molecule has 0 aliphatic heterocycles. The molecule has 0 spiro atoms. The van der Waals surface area contributed by atoms with Gasteiger partial charge in [0.2, 0.25) is 0 Å². The number of hydrogen-bond acceptors (Lipinski definition) is 2. The number of fused-ring (bicyclic) bond motifs is 1. The molecule has 3 atom stereocenters. The van der Waals surface area contributed by atoms with E-state index in [4.69, 9.17) is 10.8 Å². The van der Waals surface area contributed by atoms with E-state index in [1.165, 1.54) is 5.57 Å². The molecular formula is C12H19NO2. The molecule has 0 aromatic carbocycles. The zero-order chi connectivity index (χ0) is 11.1. The molecule has 0 bridgehead atoms. The van der Waals surface area contributed by atoms with Crippen molar-refractivity contribution in [3.05, 3.63) is 11.6 Å². The fourth-order valence-corrected chi connectivity index (χ4v) is 3.38. The number of aliphatic carboxylic acids is 1. The highest BCUT2D eigenvalue weighted by Crippen LogP contribution is 2.61. The smallest absolute Gasteiger partial charge is 0.304 e. The Morgan fingerprint density at radius 2 is 2.47 bits per heavy atom. The van der Waals surface area contributed by atoms with E-state index in [0.717, 1.165) is 19.3 Å². The molecule has 0 radical (unpaired) electrons.